The third kappa shape index (κ3) is 9.26. The molecule has 0 saturated heterocycles. The summed E-state index contributed by atoms with van der Waals surface area (Å²) >= 11 is 1.20. The molecule has 0 unspecified atom stereocenters. The Morgan fingerprint density at radius 3 is 2.24 bits per heavy atom. The first-order chi connectivity index (χ1) is 15.2. The van der Waals surface area contributed by atoms with Gasteiger partial charge >= 0.3 is 59.1 Å². The summed E-state index contributed by atoms with van der Waals surface area (Å²) in [5.74, 6) is 0.157. The molecule has 0 aliphatic carbocycles. The molecule has 1 aromatic carbocycles. The molecular formula is C20H22N2Na2O8S2. The molecule has 10 nitrogen and oxygen atoms in total. The predicted molar refractivity (Wildman–Crippen MR) is 113 cm³/mol. The second-order valence-corrected chi connectivity index (χ2v) is 9.49. The van der Waals surface area contributed by atoms with Gasteiger partial charge in [0.05, 0.1) is 18.9 Å². The third-order valence-electron chi connectivity index (χ3n) is 4.18. The summed E-state index contributed by atoms with van der Waals surface area (Å²) in [5, 5.41) is 20.6. The molecule has 3 rings (SSSR count). The molecule has 0 spiro atoms. The van der Waals surface area contributed by atoms with Crippen LogP contribution in [0.2, 0.25) is 0 Å². The fourth-order valence-corrected chi connectivity index (χ4v) is 5.25. The number of hydrogen-bond acceptors (Lipinski definition) is 10. The van der Waals surface area contributed by atoms with E-state index in [9.17, 15) is 8.42 Å². The van der Waals surface area contributed by atoms with E-state index in [1.165, 1.54) is 11.3 Å². The first-order valence-corrected chi connectivity index (χ1v) is 11.5. The van der Waals surface area contributed by atoms with Gasteiger partial charge in [-0.1, -0.05) is 35.5 Å². The van der Waals surface area contributed by atoms with Crippen LogP contribution in [-0.2, 0) is 19.5 Å². The van der Waals surface area contributed by atoms with Gasteiger partial charge in [0, 0.05) is 17.6 Å². The number of carbonyl (C=O) groups excluding carboxylic acids is 1. The number of aromatic nitrogens is 1. The average Bonchev–Trinajstić information content (AvgIpc) is 3.37. The van der Waals surface area contributed by atoms with Crippen LogP contribution in [0.3, 0.4) is 0 Å². The summed E-state index contributed by atoms with van der Waals surface area (Å²) in [4.78, 5) is 9.20. The smallest absolute Gasteiger partial charge is 0.652 e. The summed E-state index contributed by atoms with van der Waals surface area (Å²) < 4.78 is 43.7. The standard InChI is InChI=1S/C19H22N2O5S2.CH2O3.2Na/c1-14-15(2)20-26-19(14)21(13-25-12-11-24-3)28(22,23)18-10-9-17(27-18)16-7-5-4-6-8-16;2-1(3)4;;/h4-10H,11-13H2,1-3H3;(H2,2,3,4);;/q;;2*+1/p-2. The fourth-order valence-electron chi connectivity index (χ4n) is 2.49. The number of ether oxygens (including phenoxy) is 2. The number of anilines is 1. The molecule has 0 amide bonds. The van der Waals surface area contributed by atoms with Crippen molar-refractivity contribution in [2.75, 3.05) is 31.4 Å². The van der Waals surface area contributed by atoms with Gasteiger partial charge in [-0.25, -0.2) is 12.7 Å². The number of thiophene rings is 1. The van der Waals surface area contributed by atoms with Crippen LogP contribution < -0.4 is 73.6 Å². The van der Waals surface area contributed by atoms with Crippen LogP contribution in [-0.4, -0.2) is 46.8 Å². The van der Waals surface area contributed by atoms with Crippen molar-refractivity contribution in [1.29, 1.82) is 0 Å². The minimum absolute atomic E-state index is 0. The SMILES string of the molecule is COCCOCN(c1onc(C)c1C)S(=O)(=O)c1ccc(-c2ccccc2)s1.O=C([O-])[O-].[Na+].[Na+]. The Morgan fingerprint density at radius 1 is 1.09 bits per heavy atom. The number of carbonyl (C=O) groups is 1. The molecular weight excluding hydrogens is 506 g/mol. The molecule has 0 saturated carbocycles. The Balaban J connectivity index is 0.00000168. The van der Waals surface area contributed by atoms with Crippen molar-refractivity contribution >= 4 is 33.4 Å². The topological polar surface area (TPSA) is 145 Å². The molecule has 34 heavy (non-hydrogen) atoms. The maximum atomic E-state index is 13.3. The molecule has 0 N–H and O–H groups in total. The van der Waals surface area contributed by atoms with Crippen molar-refractivity contribution in [2.24, 2.45) is 0 Å². The Morgan fingerprint density at radius 2 is 1.71 bits per heavy atom. The third-order valence-corrected chi connectivity index (χ3v) is 7.49. The van der Waals surface area contributed by atoms with Crippen LogP contribution in [0.1, 0.15) is 11.3 Å². The zero-order valence-corrected chi connectivity index (χ0v) is 25.3. The van der Waals surface area contributed by atoms with Crippen molar-refractivity contribution in [3.05, 3.63) is 53.7 Å². The minimum Gasteiger partial charge on any atom is -0.652 e. The number of rotatable bonds is 9. The van der Waals surface area contributed by atoms with E-state index >= 15 is 0 Å². The summed E-state index contributed by atoms with van der Waals surface area (Å²) in [7, 11) is -2.33. The van der Waals surface area contributed by atoms with Crippen molar-refractivity contribution in [3.8, 4) is 10.4 Å². The maximum Gasteiger partial charge on any atom is 1.00 e. The van der Waals surface area contributed by atoms with Crippen molar-refractivity contribution in [2.45, 2.75) is 18.1 Å². The van der Waals surface area contributed by atoms with Crippen molar-refractivity contribution in [3.63, 3.8) is 0 Å². The average molecular weight is 529 g/mol. The van der Waals surface area contributed by atoms with Crippen LogP contribution in [0, 0.1) is 13.8 Å². The molecule has 0 radical (unpaired) electrons. The van der Waals surface area contributed by atoms with E-state index in [2.05, 4.69) is 5.16 Å². The number of nitrogens with zero attached hydrogens (tertiary/aromatic N) is 2. The Kier molecular flexibility index (Phi) is 15.5. The van der Waals surface area contributed by atoms with Crippen LogP contribution in [0.5, 0.6) is 0 Å². The molecule has 0 bridgehead atoms. The number of aryl methyl sites for hydroxylation is 1. The molecule has 0 aliphatic heterocycles. The number of benzene rings is 1. The van der Waals surface area contributed by atoms with Gasteiger partial charge in [-0.15, -0.1) is 11.3 Å². The number of hydrogen-bond donors (Lipinski definition) is 0. The maximum absolute atomic E-state index is 13.3. The summed E-state index contributed by atoms with van der Waals surface area (Å²) in [5.41, 5.74) is 2.24. The van der Waals surface area contributed by atoms with E-state index in [0.717, 1.165) is 14.7 Å². The van der Waals surface area contributed by atoms with Crippen LogP contribution in [0.15, 0.2) is 51.2 Å². The van der Waals surface area contributed by atoms with E-state index in [-0.39, 0.29) is 82.5 Å². The van der Waals surface area contributed by atoms with Gasteiger partial charge < -0.3 is 29.0 Å². The normalized spacial score (nSPS) is 10.3. The van der Waals surface area contributed by atoms with E-state index in [4.69, 9.17) is 29.0 Å². The second-order valence-electron chi connectivity index (χ2n) is 6.32. The Labute approximate surface area is 246 Å². The molecule has 2 aromatic heterocycles. The van der Waals surface area contributed by atoms with E-state index in [1.54, 1.807) is 33.1 Å². The Hall–Kier alpha value is -0.930. The van der Waals surface area contributed by atoms with Crippen LogP contribution >= 0.6 is 11.3 Å². The van der Waals surface area contributed by atoms with Crippen LogP contribution in [0.4, 0.5) is 10.7 Å². The zero-order valence-electron chi connectivity index (χ0n) is 19.6. The number of methoxy groups -OCH3 is 1. The first kappa shape index (κ1) is 33.1. The van der Waals surface area contributed by atoms with Gasteiger partial charge in [-0.3, -0.25) is 0 Å². The number of sulfonamides is 1. The fraction of sp³-hybridized carbons (Fsp3) is 0.300. The van der Waals surface area contributed by atoms with E-state index < -0.39 is 16.2 Å². The molecule has 3 aromatic rings. The second kappa shape index (κ2) is 15.9. The monoisotopic (exact) mass is 528 g/mol. The Bertz CT molecular complexity index is 1120. The van der Waals surface area contributed by atoms with Crippen LogP contribution in [0.25, 0.3) is 10.4 Å². The van der Waals surface area contributed by atoms with Crippen molar-refractivity contribution < 1.29 is 96.5 Å². The van der Waals surface area contributed by atoms with E-state index in [0.29, 0.717) is 17.9 Å². The minimum atomic E-state index is -3.89. The largest absolute Gasteiger partial charge is 1.00 e. The first-order valence-electron chi connectivity index (χ1n) is 9.24. The molecule has 174 valence electrons. The van der Waals surface area contributed by atoms with Gasteiger partial charge in [0.1, 0.15) is 10.9 Å². The summed E-state index contributed by atoms with van der Waals surface area (Å²) in [6.07, 6.45) is -2.33. The predicted octanol–water partition coefficient (Wildman–Crippen LogP) is -4.60. The van der Waals surface area contributed by atoms with E-state index in [1.807, 2.05) is 30.3 Å². The number of carboxylic acid groups (broad SMARTS) is 2. The molecule has 14 heteroatoms. The quantitative estimate of drug-likeness (QED) is 0.152. The molecule has 0 atom stereocenters. The summed E-state index contributed by atoms with van der Waals surface area (Å²) in [6, 6.07) is 13.0. The van der Waals surface area contributed by atoms with Gasteiger partial charge in [0.15, 0.2) is 0 Å². The molecule has 0 fully saturated rings. The summed E-state index contributed by atoms with van der Waals surface area (Å²) in [6.45, 7) is 3.95. The van der Waals surface area contributed by atoms with Gasteiger partial charge in [0.25, 0.3) is 10.0 Å². The molecule has 0 aliphatic rings. The molecule has 2 heterocycles. The van der Waals surface area contributed by atoms with Crippen molar-refractivity contribution in [1.82, 2.24) is 5.16 Å². The van der Waals surface area contributed by atoms with Gasteiger partial charge in [0.2, 0.25) is 5.88 Å². The van der Waals surface area contributed by atoms with Gasteiger partial charge in [-0.2, -0.15) is 0 Å². The van der Waals surface area contributed by atoms with Gasteiger partial charge in [-0.05, 0) is 37.7 Å². The zero-order chi connectivity index (χ0) is 23.7.